The van der Waals surface area contributed by atoms with Crippen LogP contribution in [0, 0.1) is 11.6 Å². The summed E-state index contributed by atoms with van der Waals surface area (Å²) < 4.78 is 63.8. The van der Waals surface area contributed by atoms with Crippen LogP contribution in [0.25, 0.3) is 0 Å². The van der Waals surface area contributed by atoms with Crippen molar-refractivity contribution in [2.24, 2.45) is 0 Å². The van der Waals surface area contributed by atoms with Gasteiger partial charge in [-0.15, -0.1) is 0 Å². The number of rotatable bonds is 9. The molecule has 2 aromatic rings. The second-order valence-electron chi connectivity index (χ2n) is 7.18. The normalized spacial score (nSPS) is 14.4. The first-order valence-corrected chi connectivity index (χ1v) is 11.2. The lowest BCUT2D eigenvalue weighted by atomic mass is 9.98. The van der Waals surface area contributed by atoms with Gasteiger partial charge in [-0.3, -0.25) is 4.90 Å². The number of fused-ring (bicyclic) bond motifs is 1. The molecule has 0 radical (unpaired) electrons. The predicted octanol–water partition coefficient (Wildman–Crippen LogP) is 3.10. The smallest absolute Gasteiger partial charge is 0.240 e. The minimum atomic E-state index is -3.86. The molecule has 0 bridgehead atoms. The van der Waals surface area contributed by atoms with Gasteiger partial charge in [0.05, 0.1) is 19.1 Å². The molecule has 0 fully saturated rings. The van der Waals surface area contributed by atoms with E-state index in [0.717, 1.165) is 50.4 Å². The van der Waals surface area contributed by atoms with Crippen molar-refractivity contribution in [2.75, 3.05) is 33.9 Å². The Balaban J connectivity index is 1.47. The highest BCUT2D eigenvalue weighted by atomic mass is 32.2. The lowest BCUT2D eigenvalue weighted by molar-refractivity contribution is 0.248. The number of benzene rings is 2. The molecule has 164 valence electrons. The Labute approximate surface area is 175 Å². The molecule has 0 amide bonds. The Morgan fingerprint density at radius 1 is 1.00 bits per heavy atom. The summed E-state index contributed by atoms with van der Waals surface area (Å²) in [6.45, 7) is 2.79. The molecule has 3 rings (SSSR count). The molecule has 9 heteroatoms. The van der Waals surface area contributed by atoms with Crippen LogP contribution in [0.1, 0.15) is 24.0 Å². The summed E-state index contributed by atoms with van der Waals surface area (Å²) in [5.74, 6) is -0.812. The van der Waals surface area contributed by atoms with Crippen molar-refractivity contribution in [3.05, 3.63) is 53.1 Å². The van der Waals surface area contributed by atoms with Crippen LogP contribution >= 0.6 is 0 Å². The number of sulfonamides is 1. The first kappa shape index (κ1) is 22.5. The number of halogens is 2. The first-order valence-electron chi connectivity index (χ1n) is 9.75. The Morgan fingerprint density at radius 2 is 1.70 bits per heavy atom. The summed E-state index contributed by atoms with van der Waals surface area (Å²) >= 11 is 0. The minimum absolute atomic E-state index is 0.233. The number of hydrogen-bond acceptors (Lipinski definition) is 5. The lowest BCUT2D eigenvalue weighted by Crippen LogP contribution is -2.32. The van der Waals surface area contributed by atoms with E-state index in [9.17, 15) is 17.2 Å². The van der Waals surface area contributed by atoms with E-state index < -0.39 is 21.7 Å². The maximum absolute atomic E-state index is 13.3. The molecule has 1 heterocycles. The number of methoxy groups -OCH3 is 2. The maximum Gasteiger partial charge on any atom is 0.240 e. The lowest BCUT2D eigenvalue weighted by Gasteiger charge is -2.29. The van der Waals surface area contributed by atoms with Gasteiger partial charge in [0.2, 0.25) is 10.0 Å². The van der Waals surface area contributed by atoms with E-state index in [1.807, 2.05) is 12.1 Å². The molecule has 0 atom stereocenters. The van der Waals surface area contributed by atoms with Crippen molar-refractivity contribution in [2.45, 2.75) is 30.7 Å². The van der Waals surface area contributed by atoms with Crippen LogP contribution in [0.5, 0.6) is 11.5 Å². The molecule has 0 aliphatic carbocycles. The summed E-state index contributed by atoms with van der Waals surface area (Å²) in [6.07, 6.45) is 2.36. The van der Waals surface area contributed by atoms with Crippen molar-refractivity contribution >= 4 is 10.0 Å². The van der Waals surface area contributed by atoms with Crippen molar-refractivity contribution in [3.63, 3.8) is 0 Å². The third-order valence-electron chi connectivity index (χ3n) is 5.19. The molecule has 0 unspecified atom stereocenters. The van der Waals surface area contributed by atoms with E-state index in [0.29, 0.717) is 18.2 Å². The summed E-state index contributed by atoms with van der Waals surface area (Å²) in [4.78, 5) is 2.04. The molecule has 0 aromatic heterocycles. The highest BCUT2D eigenvalue weighted by Crippen LogP contribution is 2.33. The maximum atomic E-state index is 13.3. The van der Waals surface area contributed by atoms with E-state index in [1.165, 1.54) is 11.1 Å². The van der Waals surface area contributed by atoms with Gasteiger partial charge >= 0.3 is 0 Å². The van der Waals surface area contributed by atoms with Crippen LogP contribution in [0.2, 0.25) is 0 Å². The van der Waals surface area contributed by atoms with E-state index in [1.54, 1.807) is 14.2 Å². The van der Waals surface area contributed by atoms with Gasteiger partial charge in [-0.2, -0.15) is 0 Å². The molecular weight excluding hydrogens is 414 g/mol. The summed E-state index contributed by atoms with van der Waals surface area (Å²) in [5.41, 5.74) is 2.46. The average molecular weight is 441 g/mol. The SMILES string of the molecule is COc1cc2c(cc1OC)CN(CCCCNS(=O)(=O)c1ccc(F)c(F)c1)CC2. The Kier molecular flexibility index (Phi) is 7.27. The zero-order valence-corrected chi connectivity index (χ0v) is 17.9. The molecule has 0 spiro atoms. The summed E-state index contributed by atoms with van der Waals surface area (Å²) in [7, 11) is -0.613. The van der Waals surface area contributed by atoms with Crippen molar-refractivity contribution in [3.8, 4) is 11.5 Å². The number of ether oxygens (including phenoxy) is 2. The average Bonchev–Trinajstić information content (AvgIpc) is 2.74. The van der Waals surface area contributed by atoms with Crippen molar-refractivity contribution < 1.29 is 26.7 Å². The molecule has 0 saturated carbocycles. The van der Waals surface area contributed by atoms with Gasteiger partial charge < -0.3 is 9.47 Å². The molecule has 1 N–H and O–H groups in total. The number of hydrogen-bond donors (Lipinski definition) is 1. The third kappa shape index (κ3) is 5.27. The largest absolute Gasteiger partial charge is 0.493 e. The standard InChI is InChI=1S/C21H26F2N2O4S/c1-28-20-11-15-7-10-25(14-16(15)12-21(20)29-2)9-4-3-8-24-30(26,27)17-5-6-18(22)19(23)13-17/h5-6,11-13,24H,3-4,7-10,14H2,1-2H3. The molecule has 0 saturated heterocycles. The molecule has 2 aromatic carbocycles. The van der Waals surface area contributed by atoms with Crippen LogP contribution in [-0.4, -0.2) is 47.2 Å². The Hall–Kier alpha value is -2.23. The first-order chi connectivity index (χ1) is 14.3. The van der Waals surface area contributed by atoms with Gasteiger partial charge in [-0.1, -0.05) is 0 Å². The predicted molar refractivity (Wildman–Crippen MR) is 109 cm³/mol. The highest BCUT2D eigenvalue weighted by Gasteiger charge is 2.19. The van der Waals surface area contributed by atoms with Crippen LogP contribution in [0.15, 0.2) is 35.2 Å². The third-order valence-corrected chi connectivity index (χ3v) is 6.65. The Bertz CT molecular complexity index is 999. The fourth-order valence-electron chi connectivity index (χ4n) is 3.53. The van der Waals surface area contributed by atoms with Gasteiger partial charge in [0.25, 0.3) is 0 Å². The zero-order chi connectivity index (χ0) is 21.7. The van der Waals surface area contributed by atoms with Gasteiger partial charge in [0.15, 0.2) is 23.1 Å². The van der Waals surface area contributed by atoms with Crippen LogP contribution < -0.4 is 14.2 Å². The summed E-state index contributed by atoms with van der Waals surface area (Å²) in [5, 5.41) is 0. The zero-order valence-electron chi connectivity index (χ0n) is 17.1. The fraction of sp³-hybridized carbons (Fsp3) is 0.429. The molecular formula is C21H26F2N2O4S. The van der Waals surface area contributed by atoms with Crippen molar-refractivity contribution in [1.29, 1.82) is 0 Å². The number of unbranched alkanes of at least 4 members (excludes halogenated alkanes) is 1. The highest BCUT2D eigenvalue weighted by molar-refractivity contribution is 7.89. The quantitative estimate of drug-likeness (QED) is 0.607. The number of nitrogens with zero attached hydrogens (tertiary/aromatic N) is 1. The van der Waals surface area contributed by atoms with Gasteiger partial charge in [-0.25, -0.2) is 21.9 Å². The van der Waals surface area contributed by atoms with Crippen LogP contribution in [0.3, 0.4) is 0 Å². The topological polar surface area (TPSA) is 67.9 Å². The van der Waals surface area contributed by atoms with Gasteiger partial charge in [-0.05, 0) is 67.3 Å². The second-order valence-corrected chi connectivity index (χ2v) is 8.95. The Morgan fingerprint density at radius 3 is 2.37 bits per heavy atom. The molecule has 1 aliphatic heterocycles. The fourth-order valence-corrected chi connectivity index (χ4v) is 4.61. The van der Waals surface area contributed by atoms with E-state index in [2.05, 4.69) is 9.62 Å². The van der Waals surface area contributed by atoms with Gasteiger partial charge in [0, 0.05) is 19.6 Å². The monoisotopic (exact) mass is 440 g/mol. The number of nitrogens with one attached hydrogen (secondary N) is 1. The summed E-state index contributed by atoms with van der Waals surface area (Å²) in [6, 6.07) is 6.58. The molecule has 6 nitrogen and oxygen atoms in total. The molecule has 30 heavy (non-hydrogen) atoms. The van der Waals surface area contributed by atoms with Gasteiger partial charge in [0.1, 0.15) is 0 Å². The van der Waals surface area contributed by atoms with E-state index in [-0.39, 0.29) is 11.4 Å². The van der Waals surface area contributed by atoms with Crippen LogP contribution in [-0.2, 0) is 23.0 Å². The van der Waals surface area contributed by atoms with Crippen molar-refractivity contribution in [1.82, 2.24) is 9.62 Å². The second kappa shape index (κ2) is 9.72. The van der Waals surface area contributed by atoms with Crippen LogP contribution in [0.4, 0.5) is 8.78 Å². The van der Waals surface area contributed by atoms with E-state index >= 15 is 0 Å². The van der Waals surface area contributed by atoms with E-state index in [4.69, 9.17) is 9.47 Å². The molecule has 1 aliphatic rings. The minimum Gasteiger partial charge on any atom is -0.493 e.